The highest BCUT2D eigenvalue weighted by Crippen LogP contribution is 2.53. The molecule has 28 heavy (non-hydrogen) atoms. The van der Waals surface area contributed by atoms with E-state index in [1.807, 2.05) is 43.7 Å². The first-order chi connectivity index (χ1) is 13.2. The highest BCUT2D eigenvalue weighted by Gasteiger charge is 2.58. The van der Waals surface area contributed by atoms with Gasteiger partial charge in [0.25, 0.3) is 0 Å². The minimum Gasteiger partial charge on any atom is -0.338 e. The Hall–Kier alpha value is -2.95. The molecule has 0 radical (unpaired) electrons. The lowest BCUT2D eigenvalue weighted by atomic mass is 9.54. The Labute approximate surface area is 168 Å². The Bertz CT molecular complexity index is 950. The summed E-state index contributed by atoms with van der Waals surface area (Å²) >= 11 is 1.46. The largest absolute Gasteiger partial charge is 0.338 e. The summed E-state index contributed by atoms with van der Waals surface area (Å²) < 4.78 is 0. The molecule has 2 heterocycles. The molecule has 6 nitrogen and oxygen atoms in total. The highest BCUT2D eigenvalue weighted by atomic mass is 32.1. The van der Waals surface area contributed by atoms with Gasteiger partial charge in [0.05, 0.1) is 23.9 Å². The third-order valence-electron chi connectivity index (χ3n) is 5.62. The van der Waals surface area contributed by atoms with E-state index in [0.717, 1.165) is 11.1 Å². The molecule has 1 aromatic rings. The summed E-state index contributed by atoms with van der Waals surface area (Å²) in [6, 6.07) is 8.11. The van der Waals surface area contributed by atoms with Crippen LogP contribution in [0.4, 0.5) is 0 Å². The summed E-state index contributed by atoms with van der Waals surface area (Å²) in [5.41, 5.74) is -0.884. The molecule has 1 saturated carbocycles. The number of nitrogens with zero attached hydrogens (tertiary/aromatic N) is 4. The molecule has 0 saturated heterocycles. The van der Waals surface area contributed by atoms with Gasteiger partial charge in [-0.3, -0.25) is 4.79 Å². The first kappa shape index (κ1) is 19.8. The topological polar surface area (TPSA) is 116 Å². The van der Waals surface area contributed by atoms with Crippen molar-refractivity contribution in [3.8, 4) is 18.2 Å². The van der Waals surface area contributed by atoms with E-state index in [1.165, 1.54) is 11.3 Å². The molecule has 1 aromatic heterocycles. The maximum absolute atomic E-state index is 12.9. The lowest BCUT2D eigenvalue weighted by molar-refractivity contribution is -0.139. The Morgan fingerprint density at radius 3 is 2.50 bits per heavy atom. The lowest BCUT2D eigenvalue weighted by Crippen LogP contribution is -2.54. The molecule has 1 aliphatic carbocycles. The number of carbonyl (C=O) groups excluding carboxylic acids is 1. The molecule has 1 unspecified atom stereocenters. The molecule has 7 heteroatoms. The predicted octanol–water partition coefficient (Wildman–Crippen LogP) is 3.47. The molecule has 1 fully saturated rings. The van der Waals surface area contributed by atoms with E-state index in [1.54, 1.807) is 4.90 Å². The van der Waals surface area contributed by atoms with E-state index in [4.69, 9.17) is 5.41 Å². The standard InChI is InChI=1S/C21H21N5OS/c1-20(2,3)19(27)26-6-4-14-15(8-22)18(25)21(11-23,12-24)17(16(14)9-26)13-5-7-28-10-13/h4-5,7,10,15-17,25H,6,9H2,1-3H3/t15?,16-,17+/m1/s1. The molecule has 3 rings (SSSR count). The highest BCUT2D eigenvalue weighted by molar-refractivity contribution is 7.08. The van der Waals surface area contributed by atoms with E-state index in [9.17, 15) is 20.6 Å². The number of rotatable bonds is 1. The fourth-order valence-corrected chi connectivity index (χ4v) is 4.97. The zero-order valence-electron chi connectivity index (χ0n) is 16.1. The van der Waals surface area contributed by atoms with Gasteiger partial charge in [-0.05, 0) is 28.0 Å². The van der Waals surface area contributed by atoms with Crippen molar-refractivity contribution in [1.82, 2.24) is 4.90 Å². The molecule has 0 aromatic carbocycles. The average molecular weight is 392 g/mol. The number of amides is 1. The van der Waals surface area contributed by atoms with Crippen molar-refractivity contribution in [2.24, 2.45) is 22.7 Å². The zero-order valence-corrected chi connectivity index (χ0v) is 16.9. The van der Waals surface area contributed by atoms with Crippen LogP contribution in [-0.2, 0) is 4.79 Å². The fourth-order valence-electron chi connectivity index (χ4n) is 4.28. The molecular weight excluding hydrogens is 370 g/mol. The van der Waals surface area contributed by atoms with Gasteiger partial charge in [0.1, 0.15) is 5.92 Å². The lowest BCUT2D eigenvalue weighted by Gasteiger charge is -2.48. The summed E-state index contributed by atoms with van der Waals surface area (Å²) in [5.74, 6) is -1.87. The summed E-state index contributed by atoms with van der Waals surface area (Å²) in [4.78, 5) is 14.6. The van der Waals surface area contributed by atoms with Crippen LogP contribution in [0.2, 0.25) is 0 Å². The Morgan fingerprint density at radius 1 is 1.32 bits per heavy atom. The number of carbonyl (C=O) groups is 1. The molecule has 1 N–H and O–H groups in total. The van der Waals surface area contributed by atoms with E-state index >= 15 is 0 Å². The van der Waals surface area contributed by atoms with Crippen LogP contribution in [0.1, 0.15) is 32.3 Å². The number of hydrogen-bond donors (Lipinski definition) is 1. The SMILES string of the molecule is CC(C)(C)C(=O)N1CC=C2C(C#N)C(=N)C(C#N)(C#N)[C@@H](c3ccsc3)[C@@H]2C1. The minimum atomic E-state index is -1.72. The van der Waals surface area contributed by atoms with Crippen LogP contribution in [-0.4, -0.2) is 29.6 Å². The second-order valence-corrected chi connectivity index (χ2v) is 9.09. The van der Waals surface area contributed by atoms with Crippen molar-refractivity contribution < 1.29 is 4.79 Å². The van der Waals surface area contributed by atoms with Crippen LogP contribution >= 0.6 is 11.3 Å². The first-order valence-corrected chi connectivity index (χ1v) is 9.98. The van der Waals surface area contributed by atoms with Crippen LogP contribution in [0.5, 0.6) is 0 Å². The molecule has 0 bridgehead atoms. The van der Waals surface area contributed by atoms with Gasteiger partial charge in [0.2, 0.25) is 5.91 Å². The maximum Gasteiger partial charge on any atom is 0.228 e. The third kappa shape index (κ3) is 2.82. The van der Waals surface area contributed by atoms with Crippen molar-refractivity contribution in [3.05, 3.63) is 34.0 Å². The van der Waals surface area contributed by atoms with Gasteiger partial charge in [0.15, 0.2) is 5.41 Å². The van der Waals surface area contributed by atoms with Gasteiger partial charge in [-0.15, -0.1) is 0 Å². The summed E-state index contributed by atoms with van der Waals surface area (Å²) in [5, 5.41) is 42.0. The third-order valence-corrected chi connectivity index (χ3v) is 6.32. The number of nitrogens with one attached hydrogen (secondary N) is 1. The van der Waals surface area contributed by atoms with E-state index in [2.05, 4.69) is 18.2 Å². The van der Waals surface area contributed by atoms with Gasteiger partial charge in [-0.2, -0.15) is 27.1 Å². The molecule has 142 valence electrons. The van der Waals surface area contributed by atoms with Crippen molar-refractivity contribution in [2.45, 2.75) is 26.7 Å². The number of thiophene rings is 1. The Balaban J connectivity index is 2.18. The second kappa shape index (κ2) is 6.89. The average Bonchev–Trinajstić information content (AvgIpc) is 3.19. The predicted molar refractivity (Wildman–Crippen MR) is 105 cm³/mol. The summed E-state index contributed by atoms with van der Waals surface area (Å²) in [7, 11) is 0. The summed E-state index contributed by atoms with van der Waals surface area (Å²) in [6.07, 6.45) is 1.85. The van der Waals surface area contributed by atoms with Crippen LogP contribution in [0.3, 0.4) is 0 Å². The summed E-state index contributed by atoms with van der Waals surface area (Å²) in [6.45, 7) is 6.27. The van der Waals surface area contributed by atoms with E-state index in [0.29, 0.717) is 13.1 Å². The van der Waals surface area contributed by atoms with Crippen molar-refractivity contribution in [1.29, 1.82) is 21.2 Å². The van der Waals surface area contributed by atoms with Crippen molar-refractivity contribution >= 4 is 23.0 Å². The molecule has 1 amide bonds. The smallest absolute Gasteiger partial charge is 0.228 e. The molecular formula is C21H21N5OS. The monoisotopic (exact) mass is 391 g/mol. The van der Waals surface area contributed by atoms with Gasteiger partial charge in [-0.25, -0.2) is 0 Å². The van der Waals surface area contributed by atoms with E-state index < -0.39 is 22.7 Å². The van der Waals surface area contributed by atoms with Crippen LogP contribution in [0.25, 0.3) is 0 Å². The van der Waals surface area contributed by atoms with Gasteiger partial charge >= 0.3 is 0 Å². The van der Waals surface area contributed by atoms with Crippen LogP contribution < -0.4 is 0 Å². The number of nitriles is 3. The molecule has 1 aliphatic heterocycles. The van der Waals surface area contributed by atoms with Gasteiger partial charge in [-0.1, -0.05) is 26.8 Å². The van der Waals surface area contributed by atoms with E-state index in [-0.39, 0.29) is 17.5 Å². The number of hydrogen-bond acceptors (Lipinski definition) is 6. The van der Waals surface area contributed by atoms with Gasteiger partial charge < -0.3 is 10.3 Å². The van der Waals surface area contributed by atoms with Crippen LogP contribution in [0, 0.1) is 62.1 Å². The Morgan fingerprint density at radius 2 is 2.00 bits per heavy atom. The minimum absolute atomic E-state index is 0.0134. The Kier molecular flexibility index (Phi) is 4.88. The molecule has 2 aliphatic rings. The molecule has 3 atom stereocenters. The van der Waals surface area contributed by atoms with Crippen molar-refractivity contribution in [2.75, 3.05) is 13.1 Å². The maximum atomic E-state index is 12.9. The second-order valence-electron chi connectivity index (χ2n) is 8.31. The zero-order chi connectivity index (χ0) is 20.7. The van der Waals surface area contributed by atoms with Gasteiger partial charge in [0, 0.05) is 30.3 Å². The normalized spacial score (nSPS) is 26.3. The van der Waals surface area contributed by atoms with Crippen molar-refractivity contribution in [3.63, 3.8) is 0 Å². The first-order valence-electron chi connectivity index (χ1n) is 9.03. The molecule has 0 spiro atoms. The fraction of sp³-hybridized carbons (Fsp3) is 0.476. The van der Waals surface area contributed by atoms with Crippen LogP contribution in [0.15, 0.2) is 28.5 Å². The quantitative estimate of drug-likeness (QED) is 0.738. The number of fused-ring (bicyclic) bond motifs is 1.